The zero-order valence-electron chi connectivity index (χ0n) is 36.4. The van der Waals surface area contributed by atoms with E-state index >= 15 is 0 Å². The van der Waals surface area contributed by atoms with Gasteiger partial charge in [-0.2, -0.15) is 0 Å². The molecule has 0 unspecified atom stereocenters. The summed E-state index contributed by atoms with van der Waals surface area (Å²) in [7, 11) is 0. The van der Waals surface area contributed by atoms with Gasteiger partial charge in [-0.15, -0.1) is 0 Å². The summed E-state index contributed by atoms with van der Waals surface area (Å²) in [4.78, 5) is 1.87. The van der Waals surface area contributed by atoms with Crippen molar-refractivity contribution >= 4 is 82.1 Å². The van der Waals surface area contributed by atoms with E-state index in [1.165, 1.54) is 16.3 Å². The Morgan fingerprint density at radius 2 is 0.933 bits per heavy atom. The molecule has 280 valence electrons. The molecule has 0 saturated carbocycles. The van der Waals surface area contributed by atoms with Crippen molar-refractivity contribution in [2.75, 3.05) is 4.90 Å². The molecule has 0 amide bonds. The molecule has 0 aliphatic carbocycles. The largest absolute Gasteiger partial charge is 0.455 e. The first-order valence-corrected chi connectivity index (χ1v) is 20.3. The molecule has 12 aromatic rings. The average Bonchev–Trinajstić information content (AvgIpc) is 3.74. The number of furan rings is 1. The Kier molecular flexibility index (Phi) is 6.98. The van der Waals surface area contributed by atoms with Crippen LogP contribution in [0, 0.1) is 0 Å². The lowest BCUT2D eigenvalue weighted by atomic mass is 9.95. The molecule has 0 fully saturated rings. The summed E-state index contributed by atoms with van der Waals surface area (Å²) < 4.78 is 45.3. The van der Waals surface area contributed by atoms with E-state index in [1.54, 1.807) is 0 Å². The van der Waals surface area contributed by atoms with Gasteiger partial charge in [-0.3, -0.25) is 0 Å². The molecule has 2 nitrogen and oxygen atoms in total. The van der Waals surface area contributed by atoms with Gasteiger partial charge in [0.2, 0.25) is 0 Å². The van der Waals surface area contributed by atoms with Crippen molar-refractivity contribution in [3.63, 3.8) is 0 Å². The monoisotopic (exact) mass is 767 g/mol. The van der Waals surface area contributed by atoms with Crippen LogP contribution in [-0.4, -0.2) is 0 Å². The van der Waals surface area contributed by atoms with Crippen LogP contribution in [0.25, 0.3) is 98.4 Å². The van der Waals surface area contributed by atoms with Gasteiger partial charge in [0.05, 0.1) is 16.6 Å². The quantitative estimate of drug-likeness (QED) is 0.157. The third-order valence-corrected chi connectivity index (χ3v) is 11.9. The Balaban J connectivity index is 1.04. The lowest BCUT2D eigenvalue weighted by molar-refractivity contribution is 0.672. The van der Waals surface area contributed by atoms with Crippen LogP contribution in [0.5, 0.6) is 0 Å². The Bertz CT molecular complexity index is 3820. The van der Waals surface area contributed by atoms with E-state index in [0.29, 0.717) is 22.5 Å². The van der Waals surface area contributed by atoms with Crippen LogP contribution in [0.2, 0.25) is 0 Å². The van der Waals surface area contributed by atoms with Crippen molar-refractivity contribution in [3.05, 3.63) is 224 Å². The second-order valence-electron chi connectivity index (χ2n) is 15.4. The van der Waals surface area contributed by atoms with E-state index in [-0.39, 0.29) is 35.4 Å². The lowest BCUT2D eigenvalue weighted by Gasteiger charge is -2.26. The lowest BCUT2D eigenvalue weighted by Crippen LogP contribution is -2.10. The van der Waals surface area contributed by atoms with Crippen molar-refractivity contribution in [3.8, 4) is 33.4 Å². The van der Waals surface area contributed by atoms with Crippen LogP contribution in [0.15, 0.2) is 229 Å². The standard InChI is InChI=1S/C58H37NO/c1-4-16-49-40(10-1)13-8-19-51(49)45-15-7-14-43(36-45)38-24-30-47(31-25-38)59(55-20-9-21-56-57(55)54-35-28-42-12-3-6-18-53(42)58(54)60-56)48-32-26-39(27-33-48)44-29-34-52-46(37-44)23-22-41-11-2-5-17-50(41)52/h1-37H/i26D,27D,32D,33D. The normalized spacial score (nSPS) is 12.6. The fourth-order valence-corrected chi connectivity index (χ4v) is 8.99. The number of anilines is 3. The minimum Gasteiger partial charge on any atom is -0.455 e. The number of hydrogen-bond acceptors (Lipinski definition) is 2. The van der Waals surface area contributed by atoms with Gasteiger partial charge in [-0.1, -0.05) is 170 Å². The molecule has 60 heavy (non-hydrogen) atoms. The second-order valence-corrected chi connectivity index (χ2v) is 15.4. The number of benzene rings is 11. The Morgan fingerprint density at radius 3 is 1.77 bits per heavy atom. The van der Waals surface area contributed by atoms with Gasteiger partial charge < -0.3 is 9.32 Å². The van der Waals surface area contributed by atoms with Crippen molar-refractivity contribution in [2.45, 2.75) is 0 Å². The highest BCUT2D eigenvalue weighted by Crippen LogP contribution is 2.45. The second kappa shape index (κ2) is 13.9. The number of rotatable bonds is 6. The Labute approximate surface area is 353 Å². The van der Waals surface area contributed by atoms with Gasteiger partial charge in [0.25, 0.3) is 0 Å². The fraction of sp³-hybridized carbons (Fsp3) is 0. The predicted molar refractivity (Wildman–Crippen MR) is 255 cm³/mol. The third-order valence-electron chi connectivity index (χ3n) is 11.9. The molecule has 12 rings (SSSR count). The average molecular weight is 768 g/mol. The van der Waals surface area contributed by atoms with Crippen LogP contribution in [0.4, 0.5) is 17.1 Å². The first-order valence-electron chi connectivity index (χ1n) is 22.3. The van der Waals surface area contributed by atoms with Gasteiger partial charge in [0, 0.05) is 22.1 Å². The smallest absolute Gasteiger partial charge is 0.143 e. The molecule has 0 atom stereocenters. The van der Waals surface area contributed by atoms with E-state index in [0.717, 1.165) is 65.4 Å². The van der Waals surface area contributed by atoms with Crippen LogP contribution >= 0.6 is 0 Å². The minimum absolute atomic E-state index is 0.113. The van der Waals surface area contributed by atoms with Crippen LogP contribution < -0.4 is 4.90 Å². The summed E-state index contributed by atoms with van der Waals surface area (Å²) in [6.45, 7) is 0. The van der Waals surface area contributed by atoms with E-state index in [9.17, 15) is 5.48 Å². The molecular formula is C58H37NO. The number of fused-ring (bicyclic) bond motifs is 9. The van der Waals surface area contributed by atoms with E-state index in [2.05, 4.69) is 127 Å². The Morgan fingerprint density at radius 1 is 0.350 bits per heavy atom. The van der Waals surface area contributed by atoms with Crippen molar-refractivity contribution in [1.29, 1.82) is 0 Å². The van der Waals surface area contributed by atoms with Crippen LogP contribution in [0.3, 0.4) is 0 Å². The maximum atomic E-state index is 9.75. The molecule has 0 spiro atoms. The van der Waals surface area contributed by atoms with Gasteiger partial charge in [0.15, 0.2) is 0 Å². The van der Waals surface area contributed by atoms with E-state index in [1.807, 2.05) is 77.7 Å². The molecule has 0 saturated heterocycles. The van der Waals surface area contributed by atoms with Crippen molar-refractivity contribution in [2.24, 2.45) is 0 Å². The highest BCUT2D eigenvalue weighted by atomic mass is 16.3. The summed E-state index contributed by atoms with van der Waals surface area (Å²) in [5.74, 6) is 0. The highest BCUT2D eigenvalue weighted by Gasteiger charge is 2.21. The van der Waals surface area contributed by atoms with E-state index < -0.39 is 0 Å². The molecule has 0 N–H and O–H groups in total. The first-order chi connectivity index (χ1) is 31.4. The number of nitrogens with zero attached hydrogens (tertiary/aromatic N) is 1. The zero-order valence-corrected chi connectivity index (χ0v) is 32.4. The minimum atomic E-state index is -0.142. The zero-order chi connectivity index (χ0) is 43.1. The summed E-state index contributed by atoms with van der Waals surface area (Å²) in [6.07, 6.45) is 0. The molecule has 0 aliphatic rings. The van der Waals surface area contributed by atoms with Gasteiger partial charge in [-0.25, -0.2) is 0 Å². The highest BCUT2D eigenvalue weighted by molar-refractivity contribution is 6.19. The summed E-state index contributed by atoms with van der Waals surface area (Å²) in [5.41, 5.74) is 8.15. The van der Waals surface area contributed by atoms with Crippen LogP contribution in [-0.2, 0) is 0 Å². The molecule has 2 heteroatoms. The predicted octanol–water partition coefficient (Wildman–Crippen LogP) is 16.7. The van der Waals surface area contributed by atoms with Crippen molar-refractivity contribution < 1.29 is 9.90 Å². The molecular weight excluding hydrogens is 727 g/mol. The van der Waals surface area contributed by atoms with Gasteiger partial charge in [0.1, 0.15) is 11.2 Å². The summed E-state index contributed by atoms with van der Waals surface area (Å²) in [5, 5.41) is 10.4. The fourth-order valence-electron chi connectivity index (χ4n) is 8.99. The van der Waals surface area contributed by atoms with E-state index in [4.69, 9.17) is 4.42 Å². The summed E-state index contributed by atoms with van der Waals surface area (Å²) in [6, 6.07) is 67.4. The van der Waals surface area contributed by atoms with Crippen molar-refractivity contribution in [1.82, 2.24) is 0 Å². The van der Waals surface area contributed by atoms with Crippen LogP contribution in [0.1, 0.15) is 5.48 Å². The third kappa shape index (κ3) is 5.65. The molecule has 0 bridgehead atoms. The molecule has 1 heterocycles. The SMILES string of the molecule is [2H]c1c([2H])c(N(c2ccc(-c3cccc(-c4cccc5ccccc45)c3)cc2)c2cccc3oc4c5ccccc5ccc4c23)c([2H])c([2H])c1-c1ccc2c(ccc3ccccc32)c1. The first kappa shape index (κ1) is 30.2. The molecule has 1 aromatic heterocycles. The molecule has 0 radical (unpaired) electrons. The topological polar surface area (TPSA) is 16.4 Å². The number of hydrogen-bond donors (Lipinski definition) is 0. The maximum Gasteiger partial charge on any atom is 0.143 e. The molecule has 11 aromatic carbocycles. The van der Waals surface area contributed by atoms with Gasteiger partial charge in [-0.05, 0) is 126 Å². The van der Waals surface area contributed by atoms with Gasteiger partial charge >= 0.3 is 0 Å². The Hall–Kier alpha value is -7.94. The maximum absolute atomic E-state index is 9.75. The molecule has 0 aliphatic heterocycles. The summed E-state index contributed by atoms with van der Waals surface area (Å²) >= 11 is 0.